The molecular weight excluding hydrogens is 300 g/mol. The van der Waals surface area contributed by atoms with Gasteiger partial charge < -0.3 is 10.2 Å². The molecule has 0 bridgehead atoms. The monoisotopic (exact) mass is 323 g/mol. The average Bonchev–Trinajstić information content (AvgIpc) is 2.56. The lowest BCUT2D eigenvalue weighted by Crippen LogP contribution is -2.51. The Kier molecular flexibility index (Phi) is 5.23. The molecule has 23 heavy (non-hydrogen) atoms. The molecule has 2 aliphatic heterocycles. The molecule has 2 aliphatic rings. The van der Waals surface area contributed by atoms with E-state index in [1.165, 1.54) is 18.9 Å². The van der Waals surface area contributed by atoms with Gasteiger partial charge in [-0.3, -0.25) is 9.69 Å². The van der Waals surface area contributed by atoms with Crippen LogP contribution in [-0.4, -0.2) is 61.5 Å². The molecule has 2 heterocycles. The number of carbonyl (C=O) groups excluding carboxylic acids is 1. The Morgan fingerprint density at radius 1 is 1.22 bits per heavy atom. The lowest BCUT2D eigenvalue weighted by Gasteiger charge is -2.37. The van der Waals surface area contributed by atoms with E-state index in [0.29, 0.717) is 19.0 Å². The first kappa shape index (κ1) is 16.3. The summed E-state index contributed by atoms with van der Waals surface area (Å²) < 4.78 is 26.7. The van der Waals surface area contributed by atoms with Gasteiger partial charge in [-0.2, -0.15) is 0 Å². The molecule has 0 spiro atoms. The Hall–Kier alpha value is -1.53. The molecule has 4 nitrogen and oxygen atoms in total. The number of nitrogens with zero attached hydrogens (tertiary/aromatic N) is 2. The van der Waals surface area contributed by atoms with Gasteiger partial charge in [-0.25, -0.2) is 8.78 Å². The van der Waals surface area contributed by atoms with Crippen molar-refractivity contribution in [2.45, 2.75) is 12.8 Å². The minimum atomic E-state index is -0.786. The van der Waals surface area contributed by atoms with Crippen molar-refractivity contribution < 1.29 is 13.6 Å². The number of hydrogen-bond acceptors (Lipinski definition) is 3. The number of piperazine rings is 1. The van der Waals surface area contributed by atoms with Crippen molar-refractivity contribution in [3.05, 3.63) is 35.4 Å². The van der Waals surface area contributed by atoms with Gasteiger partial charge in [0.05, 0.1) is 5.56 Å². The van der Waals surface area contributed by atoms with Crippen LogP contribution < -0.4 is 5.32 Å². The summed E-state index contributed by atoms with van der Waals surface area (Å²) in [5.74, 6) is -1.11. The van der Waals surface area contributed by atoms with Gasteiger partial charge in [0.2, 0.25) is 0 Å². The normalized spacial score (nSPS) is 23.0. The van der Waals surface area contributed by atoms with E-state index in [1.807, 2.05) is 0 Å². The Morgan fingerprint density at radius 3 is 2.65 bits per heavy atom. The van der Waals surface area contributed by atoms with E-state index < -0.39 is 11.6 Å². The first-order valence-corrected chi connectivity index (χ1v) is 8.31. The number of carbonyl (C=O) groups is 1. The smallest absolute Gasteiger partial charge is 0.256 e. The fourth-order valence-electron chi connectivity index (χ4n) is 3.41. The fourth-order valence-corrected chi connectivity index (χ4v) is 3.41. The summed E-state index contributed by atoms with van der Waals surface area (Å²) in [6, 6.07) is 3.12. The second-order valence-electron chi connectivity index (χ2n) is 6.43. The zero-order chi connectivity index (χ0) is 16.2. The number of rotatable bonds is 3. The lowest BCUT2D eigenvalue weighted by atomic mass is 9.99. The van der Waals surface area contributed by atoms with E-state index in [1.54, 1.807) is 4.90 Å². The highest BCUT2D eigenvalue weighted by atomic mass is 19.1. The van der Waals surface area contributed by atoms with Crippen molar-refractivity contribution in [1.82, 2.24) is 15.1 Å². The van der Waals surface area contributed by atoms with Gasteiger partial charge in [0, 0.05) is 38.8 Å². The molecule has 126 valence electrons. The quantitative estimate of drug-likeness (QED) is 0.920. The third-order valence-electron chi connectivity index (χ3n) is 4.74. The standard InChI is InChI=1S/C17H23F2N3O/c18-14-3-4-15(16(19)10-14)17(23)22-8-6-21(7-9-22)12-13-2-1-5-20-11-13/h3-4,10,13,20H,1-2,5-9,11-12H2. The van der Waals surface area contributed by atoms with Crippen LogP contribution in [-0.2, 0) is 0 Å². The van der Waals surface area contributed by atoms with Gasteiger partial charge >= 0.3 is 0 Å². The maximum atomic E-state index is 13.7. The Bertz CT molecular complexity index is 553. The van der Waals surface area contributed by atoms with Crippen LogP contribution in [0.4, 0.5) is 8.78 Å². The molecule has 0 aliphatic carbocycles. The maximum absolute atomic E-state index is 13.7. The summed E-state index contributed by atoms with van der Waals surface area (Å²) in [4.78, 5) is 16.4. The van der Waals surface area contributed by atoms with Crippen molar-refractivity contribution in [3.8, 4) is 0 Å². The molecule has 0 aromatic heterocycles. The molecule has 2 fully saturated rings. The van der Waals surface area contributed by atoms with Gasteiger partial charge in [-0.1, -0.05) is 0 Å². The Morgan fingerprint density at radius 2 is 2.00 bits per heavy atom. The Balaban J connectivity index is 1.52. The maximum Gasteiger partial charge on any atom is 0.256 e. The zero-order valence-electron chi connectivity index (χ0n) is 13.2. The number of hydrogen-bond donors (Lipinski definition) is 1. The second kappa shape index (κ2) is 7.36. The van der Waals surface area contributed by atoms with Crippen molar-refractivity contribution in [2.24, 2.45) is 5.92 Å². The minimum absolute atomic E-state index is 0.0451. The highest BCUT2D eigenvalue weighted by molar-refractivity contribution is 5.94. The van der Waals surface area contributed by atoms with E-state index in [4.69, 9.17) is 0 Å². The summed E-state index contributed by atoms with van der Waals surface area (Å²) in [6.07, 6.45) is 2.49. The SMILES string of the molecule is O=C(c1ccc(F)cc1F)N1CCN(CC2CCCNC2)CC1. The van der Waals surface area contributed by atoms with Gasteiger partial charge in [0.1, 0.15) is 11.6 Å². The van der Waals surface area contributed by atoms with Crippen molar-refractivity contribution in [2.75, 3.05) is 45.8 Å². The van der Waals surface area contributed by atoms with Gasteiger partial charge in [0.15, 0.2) is 0 Å². The lowest BCUT2D eigenvalue weighted by molar-refractivity contribution is 0.0605. The molecule has 6 heteroatoms. The molecule has 1 N–H and O–H groups in total. The van der Waals surface area contributed by atoms with E-state index in [-0.39, 0.29) is 11.5 Å². The molecule has 0 saturated carbocycles. The van der Waals surface area contributed by atoms with E-state index in [2.05, 4.69) is 10.2 Å². The van der Waals surface area contributed by atoms with Crippen LogP contribution in [0.25, 0.3) is 0 Å². The Labute approximate surface area is 135 Å². The topological polar surface area (TPSA) is 35.6 Å². The molecule has 0 radical (unpaired) electrons. The number of nitrogens with one attached hydrogen (secondary N) is 1. The summed E-state index contributed by atoms with van der Waals surface area (Å²) in [5, 5.41) is 3.42. The van der Waals surface area contributed by atoms with E-state index in [9.17, 15) is 13.6 Å². The predicted octanol–water partition coefficient (Wildman–Crippen LogP) is 1.72. The molecule has 2 saturated heterocycles. The summed E-state index contributed by atoms with van der Waals surface area (Å²) in [5.41, 5.74) is -0.0451. The van der Waals surface area contributed by atoms with Gasteiger partial charge in [-0.05, 0) is 44.0 Å². The van der Waals surface area contributed by atoms with Crippen molar-refractivity contribution in [1.29, 1.82) is 0 Å². The third kappa shape index (κ3) is 4.06. The molecule has 1 aromatic carbocycles. The summed E-state index contributed by atoms with van der Waals surface area (Å²) in [6.45, 7) is 6.05. The first-order valence-electron chi connectivity index (χ1n) is 8.31. The number of benzene rings is 1. The van der Waals surface area contributed by atoms with Crippen LogP contribution in [0.3, 0.4) is 0 Å². The molecule has 1 aromatic rings. The van der Waals surface area contributed by atoms with E-state index in [0.717, 1.165) is 44.9 Å². The number of halogens is 2. The van der Waals surface area contributed by atoms with E-state index >= 15 is 0 Å². The van der Waals surface area contributed by atoms with Crippen LogP contribution in [0.5, 0.6) is 0 Å². The van der Waals surface area contributed by atoms with Crippen LogP contribution >= 0.6 is 0 Å². The minimum Gasteiger partial charge on any atom is -0.336 e. The van der Waals surface area contributed by atoms with Crippen LogP contribution in [0, 0.1) is 17.6 Å². The van der Waals surface area contributed by atoms with Crippen molar-refractivity contribution in [3.63, 3.8) is 0 Å². The number of piperidine rings is 1. The summed E-state index contributed by atoms with van der Waals surface area (Å²) in [7, 11) is 0. The summed E-state index contributed by atoms with van der Waals surface area (Å²) >= 11 is 0. The van der Waals surface area contributed by atoms with Gasteiger partial charge in [-0.15, -0.1) is 0 Å². The van der Waals surface area contributed by atoms with Crippen LogP contribution in [0.1, 0.15) is 23.2 Å². The molecule has 3 rings (SSSR count). The zero-order valence-corrected chi connectivity index (χ0v) is 13.2. The molecule has 1 atom stereocenters. The first-order chi connectivity index (χ1) is 11.1. The highest BCUT2D eigenvalue weighted by Gasteiger charge is 2.25. The average molecular weight is 323 g/mol. The molecular formula is C17H23F2N3O. The number of amides is 1. The molecule has 1 unspecified atom stereocenters. The van der Waals surface area contributed by atoms with Crippen molar-refractivity contribution >= 4 is 5.91 Å². The molecule has 1 amide bonds. The van der Waals surface area contributed by atoms with Crippen LogP contribution in [0.15, 0.2) is 18.2 Å². The second-order valence-corrected chi connectivity index (χ2v) is 6.43. The van der Waals surface area contributed by atoms with Gasteiger partial charge in [0.25, 0.3) is 5.91 Å². The highest BCUT2D eigenvalue weighted by Crippen LogP contribution is 2.16. The third-order valence-corrected chi connectivity index (χ3v) is 4.74. The largest absolute Gasteiger partial charge is 0.336 e. The predicted molar refractivity (Wildman–Crippen MR) is 84.3 cm³/mol. The van der Waals surface area contributed by atoms with Crippen LogP contribution in [0.2, 0.25) is 0 Å². The fraction of sp³-hybridized carbons (Fsp3) is 0.588.